The van der Waals surface area contributed by atoms with Gasteiger partial charge in [0.05, 0.1) is 6.54 Å². The van der Waals surface area contributed by atoms with Crippen molar-refractivity contribution in [3.05, 3.63) is 0 Å². The first kappa shape index (κ1) is 15.7. The highest BCUT2D eigenvalue weighted by Gasteiger charge is 1.70. The molecule has 0 aromatic rings. The van der Waals surface area contributed by atoms with Gasteiger partial charge in [-0.05, 0) is 0 Å². The van der Waals surface area contributed by atoms with E-state index in [1.807, 2.05) is 0 Å². The Balaban J connectivity index is -0.0000000800. The number of rotatable bonds is 2. The first-order valence-corrected chi connectivity index (χ1v) is 1.52. The Morgan fingerprint density at radius 3 is 1.86 bits per heavy atom. The van der Waals surface area contributed by atoms with E-state index in [9.17, 15) is 0 Å². The molecule has 0 heterocycles. The Bertz CT molecular complexity index is 21.2. The van der Waals surface area contributed by atoms with Gasteiger partial charge in [-0.2, -0.15) is 0 Å². The smallest absolute Gasteiger partial charge is 0.117 e. The van der Waals surface area contributed by atoms with Crippen LogP contribution in [0.25, 0.3) is 0 Å². The highest BCUT2D eigenvalue weighted by molar-refractivity contribution is 5.85. The zero-order chi connectivity index (χ0) is 4.12. The molecule has 5 N–H and O–H groups in total. The fraction of sp³-hybridized carbons (Fsp3) is 1.00. The lowest BCUT2D eigenvalue weighted by Gasteiger charge is -1.82. The second-order valence-corrected chi connectivity index (χ2v) is 0.724. The number of quaternary nitrogens is 1. The molecule has 0 bridgehead atoms. The van der Waals surface area contributed by atoms with Crippen LogP contribution in [-0.4, -0.2) is 13.2 Å². The molecule has 48 valence electrons. The lowest BCUT2D eigenvalue weighted by molar-refractivity contribution is -0.374. The Labute approximate surface area is 55.2 Å². The maximum atomic E-state index is 4.60. The minimum atomic E-state index is 0. The van der Waals surface area contributed by atoms with Crippen LogP contribution >= 0.6 is 24.8 Å². The molecule has 0 aliphatic heterocycles. The number of nitrogens with two attached hydrogens (primary N) is 1. The highest BCUT2D eigenvalue weighted by atomic mass is 35.5. The zero-order valence-electron chi connectivity index (χ0n) is 3.92. The molecular formula is C2H11Cl2N2O+. The molecule has 0 atom stereocenters. The minimum absolute atomic E-state index is 0. The molecule has 0 saturated heterocycles. The molecule has 0 radical (unpaired) electrons. The van der Waals surface area contributed by atoms with Crippen molar-refractivity contribution in [2.24, 2.45) is 5.90 Å². The number of hydrogen-bond acceptors (Lipinski definition) is 2. The summed E-state index contributed by atoms with van der Waals surface area (Å²) in [6.45, 7) is 1.30. The molecule has 0 unspecified atom stereocenters. The van der Waals surface area contributed by atoms with Gasteiger partial charge in [0.2, 0.25) is 0 Å². The molecule has 0 fully saturated rings. The molecule has 0 aliphatic rings. The fourth-order valence-electron chi connectivity index (χ4n) is 0.0833. The predicted octanol–water partition coefficient (Wildman–Crippen LogP) is -1.04. The van der Waals surface area contributed by atoms with Gasteiger partial charge in [0.1, 0.15) is 6.61 Å². The number of hydrogen-bond donors (Lipinski definition) is 2. The van der Waals surface area contributed by atoms with Crippen LogP contribution in [0.3, 0.4) is 0 Å². The zero-order valence-corrected chi connectivity index (χ0v) is 5.56. The Hall–Kier alpha value is 0.460. The fourth-order valence-corrected chi connectivity index (χ4v) is 0.0833. The summed E-state index contributed by atoms with van der Waals surface area (Å²) in [5.41, 5.74) is 3.47. The van der Waals surface area contributed by atoms with Crippen molar-refractivity contribution in [2.75, 3.05) is 13.2 Å². The standard InChI is InChI=1S/C2H8N2O.2ClH/c3-1-2-5-4;;/h1-4H2;2*1H/p+1. The van der Waals surface area contributed by atoms with Gasteiger partial charge in [0.25, 0.3) is 0 Å². The van der Waals surface area contributed by atoms with Crippen molar-refractivity contribution in [1.82, 2.24) is 0 Å². The maximum Gasteiger partial charge on any atom is 0.117 e. The van der Waals surface area contributed by atoms with E-state index in [2.05, 4.69) is 16.5 Å². The molecule has 7 heavy (non-hydrogen) atoms. The van der Waals surface area contributed by atoms with Gasteiger partial charge in [0, 0.05) is 0 Å². The van der Waals surface area contributed by atoms with Crippen molar-refractivity contribution < 1.29 is 10.6 Å². The van der Waals surface area contributed by atoms with Gasteiger partial charge in [-0.25, -0.2) is 5.90 Å². The molecule has 0 spiro atoms. The monoisotopic (exact) mass is 149 g/mol. The first-order valence-electron chi connectivity index (χ1n) is 1.52. The third-order valence-electron chi connectivity index (χ3n) is 0.262. The summed E-state index contributed by atoms with van der Waals surface area (Å²) in [7, 11) is 0. The van der Waals surface area contributed by atoms with Gasteiger partial charge in [-0.1, -0.05) is 0 Å². The van der Waals surface area contributed by atoms with E-state index in [0.29, 0.717) is 6.61 Å². The van der Waals surface area contributed by atoms with Gasteiger partial charge >= 0.3 is 0 Å². The summed E-state index contributed by atoms with van der Waals surface area (Å²) in [5, 5.41) is 0. The van der Waals surface area contributed by atoms with E-state index >= 15 is 0 Å². The van der Waals surface area contributed by atoms with Crippen molar-refractivity contribution >= 4 is 24.8 Å². The van der Waals surface area contributed by atoms with Crippen LogP contribution in [-0.2, 0) is 4.84 Å². The predicted molar refractivity (Wildman–Crippen MR) is 32.4 cm³/mol. The Kier molecular flexibility index (Phi) is 36.0. The van der Waals surface area contributed by atoms with E-state index in [0.717, 1.165) is 6.54 Å². The van der Waals surface area contributed by atoms with Crippen LogP contribution in [0, 0.1) is 0 Å². The van der Waals surface area contributed by atoms with Gasteiger partial charge < -0.3 is 5.73 Å². The van der Waals surface area contributed by atoms with E-state index in [-0.39, 0.29) is 24.8 Å². The summed E-state index contributed by atoms with van der Waals surface area (Å²) < 4.78 is 0. The summed E-state index contributed by atoms with van der Waals surface area (Å²) in [5.74, 6) is 4.60. The van der Waals surface area contributed by atoms with Crippen LogP contribution in [0.5, 0.6) is 0 Å². The van der Waals surface area contributed by atoms with Gasteiger partial charge in [0.15, 0.2) is 0 Å². The third kappa shape index (κ3) is 21.2. The van der Waals surface area contributed by atoms with Crippen LogP contribution in [0.1, 0.15) is 0 Å². The van der Waals surface area contributed by atoms with Gasteiger partial charge in [-0.3, -0.25) is 4.84 Å². The van der Waals surface area contributed by atoms with Crippen LogP contribution in [0.2, 0.25) is 0 Å². The van der Waals surface area contributed by atoms with E-state index in [1.165, 1.54) is 0 Å². The summed E-state index contributed by atoms with van der Waals surface area (Å²) in [6.07, 6.45) is 0. The quantitative estimate of drug-likeness (QED) is 0.494. The average Bonchev–Trinajstić information content (AvgIpc) is 1.41. The van der Waals surface area contributed by atoms with E-state index in [1.54, 1.807) is 0 Å². The van der Waals surface area contributed by atoms with E-state index in [4.69, 9.17) is 0 Å². The molecule has 0 rings (SSSR count). The first-order chi connectivity index (χ1) is 2.41. The second kappa shape index (κ2) is 16.1. The van der Waals surface area contributed by atoms with Crippen molar-refractivity contribution in [3.8, 4) is 0 Å². The Morgan fingerprint density at radius 2 is 1.86 bits per heavy atom. The molecular weight excluding hydrogens is 139 g/mol. The van der Waals surface area contributed by atoms with Crippen molar-refractivity contribution in [2.45, 2.75) is 0 Å². The third-order valence-corrected chi connectivity index (χ3v) is 0.262. The highest BCUT2D eigenvalue weighted by Crippen LogP contribution is 1.44. The molecule has 0 amide bonds. The van der Waals surface area contributed by atoms with Crippen molar-refractivity contribution in [1.29, 1.82) is 0 Å². The van der Waals surface area contributed by atoms with Crippen molar-refractivity contribution in [3.63, 3.8) is 0 Å². The molecule has 3 nitrogen and oxygen atoms in total. The van der Waals surface area contributed by atoms with Crippen LogP contribution in [0.15, 0.2) is 0 Å². The maximum absolute atomic E-state index is 4.60. The van der Waals surface area contributed by atoms with Crippen LogP contribution < -0.4 is 11.6 Å². The minimum Gasteiger partial charge on any atom is -0.356 e. The van der Waals surface area contributed by atoms with E-state index < -0.39 is 0 Å². The largest absolute Gasteiger partial charge is 0.356 e. The average molecular weight is 150 g/mol. The normalized spacial score (nSPS) is 6.00. The van der Waals surface area contributed by atoms with Gasteiger partial charge in [-0.15, -0.1) is 24.8 Å². The molecule has 5 heteroatoms. The summed E-state index contributed by atoms with van der Waals surface area (Å²) >= 11 is 0. The number of halogens is 2. The summed E-state index contributed by atoms with van der Waals surface area (Å²) in [4.78, 5) is 4.13. The lowest BCUT2D eigenvalue weighted by Crippen LogP contribution is -2.52. The van der Waals surface area contributed by atoms with Crippen LogP contribution in [0.4, 0.5) is 0 Å². The molecule has 0 saturated carbocycles. The lowest BCUT2D eigenvalue weighted by atomic mass is 10.8. The second-order valence-electron chi connectivity index (χ2n) is 0.724. The SMILES string of the molecule is Cl.Cl.NOCC[NH3+]. The molecule has 0 aliphatic carbocycles. The molecule has 0 aromatic heterocycles. The molecule has 0 aromatic carbocycles. The Morgan fingerprint density at radius 1 is 1.43 bits per heavy atom. The topological polar surface area (TPSA) is 62.9 Å². The summed E-state index contributed by atoms with van der Waals surface area (Å²) in [6, 6.07) is 0.